The number of nitro benzene ring substituents is 1. The molecule has 1 unspecified atom stereocenters. The fourth-order valence-corrected chi connectivity index (χ4v) is 4.36. The molecule has 0 radical (unpaired) electrons. The Bertz CT molecular complexity index is 1300. The lowest BCUT2D eigenvalue weighted by Crippen LogP contribution is -2.29. The smallest absolute Gasteiger partial charge is 0.418 e. The van der Waals surface area contributed by atoms with Gasteiger partial charge in [-0.3, -0.25) is 10.1 Å². The molecule has 0 saturated heterocycles. The van der Waals surface area contributed by atoms with Gasteiger partial charge in [-0.2, -0.15) is 0 Å². The second-order valence-corrected chi connectivity index (χ2v) is 9.04. The topological polar surface area (TPSA) is 156 Å². The van der Waals surface area contributed by atoms with Crippen molar-refractivity contribution in [2.24, 2.45) is 0 Å². The van der Waals surface area contributed by atoms with Crippen molar-refractivity contribution >= 4 is 33.1 Å². The molecule has 1 aliphatic rings. The third kappa shape index (κ3) is 4.28. The number of anilines is 1. The number of nitro groups is 1. The van der Waals surface area contributed by atoms with Crippen LogP contribution in [0.2, 0.25) is 0 Å². The second kappa shape index (κ2) is 7.54. The van der Waals surface area contributed by atoms with Crippen LogP contribution in [0.4, 0.5) is 16.2 Å². The van der Waals surface area contributed by atoms with Crippen LogP contribution in [-0.4, -0.2) is 33.9 Å². The molecule has 0 aliphatic heterocycles. The van der Waals surface area contributed by atoms with Crippen molar-refractivity contribution in [3.63, 3.8) is 0 Å². The van der Waals surface area contributed by atoms with Crippen LogP contribution in [0.5, 0.6) is 0 Å². The van der Waals surface area contributed by atoms with E-state index in [0.29, 0.717) is 17.3 Å². The van der Waals surface area contributed by atoms with E-state index in [1.54, 1.807) is 0 Å². The van der Waals surface area contributed by atoms with Gasteiger partial charge in [0.1, 0.15) is 5.65 Å². The molecule has 1 aromatic carbocycles. The van der Waals surface area contributed by atoms with E-state index in [2.05, 4.69) is 22.6 Å². The van der Waals surface area contributed by atoms with E-state index in [1.165, 1.54) is 29.2 Å². The Balaban J connectivity index is 1.60. The molecule has 1 fully saturated rings. The summed E-state index contributed by atoms with van der Waals surface area (Å²) in [6.07, 6.45) is 4.48. The summed E-state index contributed by atoms with van der Waals surface area (Å²) in [5.74, 6) is 0.608. The first kappa shape index (κ1) is 20.6. The van der Waals surface area contributed by atoms with Gasteiger partial charge in [0.05, 0.1) is 16.7 Å². The number of carbonyl (C=O) groups is 1. The van der Waals surface area contributed by atoms with E-state index in [-0.39, 0.29) is 6.04 Å². The van der Waals surface area contributed by atoms with Crippen LogP contribution >= 0.6 is 0 Å². The number of benzene rings is 1. The lowest BCUT2D eigenvalue weighted by molar-refractivity contribution is -0.387. The number of hydrogen-bond acceptors (Lipinski definition) is 7. The monoisotopic (exact) mass is 445 g/mol. The maximum absolute atomic E-state index is 12.1. The molecule has 3 N–H and O–H groups in total. The molecule has 1 saturated carbocycles. The number of rotatable bonds is 7. The van der Waals surface area contributed by atoms with Gasteiger partial charge in [-0.15, -0.1) is 0 Å². The number of carboxylic acid groups (broad SMARTS) is 1. The Morgan fingerprint density at radius 2 is 2.03 bits per heavy atom. The van der Waals surface area contributed by atoms with E-state index in [0.717, 1.165) is 17.8 Å². The quantitative estimate of drug-likeness (QED) is 0.369. The number of aromatic nitrogens is 2. The molecule has 1 amide bonds. The minimum absolute atomic E-state index is 0.296. The van der Waals surface area contributed by atoms with Gasteiger partial charge >= 0.3 is 6.09 Å². The Morgan fingerprint density at radius 3 is 2.68 bits per heavy atom. The number of nitrogens with one attached hydrogen (secondary N) is 2. The molecule has 1 atom stereocenters. The summed E-state index contributed by atoms with van der Waals surface area (Å²) in [7, 11) is -4.59. The van der Waals surface area contributed by atoms with Gasteiger partial charge in [0.25, 0.3) is 15.7 Å². The Morgan fingerprint density at radius 1 is 1.29 bits per heavy atom. The molecular weight excluding hydrogens is 426 g/mol. The summed E-state index contributed by atoms with van der Waals surface area (Å²) in [4.78, 5) is 25.0. The minimum atomic E-state index is -4.59. The zero-order chi connectivity index (χ0) is 22.3. The maximum Gasteiger partial charge on any atom is 0.418 e. The number of pyridine rings is 1. The van der Waals surface area contributed by atoms with Crippen LogP contribution in [0.15, 0.2) is 47.6 Å². The molecule has 3 aromatic rings. The lowest BCUT2D eigenvalue weighted by atomic mass is 10.2. The van der Waals surface area contributed by atoms with Crippen molar-refractivity contribution < 1.29 is 23.2 Å². The van der Waals surface area contributed by atoms with E-state index in [4.69, 9.17) is 5.11 Å². The maximum atomic E-state index is 12.1. The molecule has 12 heteroatoms. The highest BCUT2D eigenvalue weighted by Crippen LogP contribution is 2.40. The van der Waals surface area contributed by atoms with Crippen molar-refractivity contribution in [1.29, 1.82) is 0 Å². The number of fused-ring (bicyclic) bond motifs is 1. The van der Waals surface area contributed by atoms with E-state index < -0.39 is 31.6 Å². The van der Waals surface area contributed by atoms with Crippen molar-refractivity contribution in [3.05, 3.63) is 64.1 Å². The Kier molecular flexibility index (Phi) is 5.01. The summed E-state index contributed by atoms with van der Waals surface area (Å²) in [5.41, 5.74) is 2.30. The summed E-state index contributed by atoms with van der Waals surface area (Å²) in [6.45, 7) is 1.83. The first-order valence-electron chi connectivity index (χ1n) is 9.43. The SMILES string of the molecule is CC(Nc1ccc(S(=O)(=O)NC(=O)O)c([N+](=O)[O-])c1)c1cn2cc(C3CC3)ccc2n1. The zero-order valence-corrected chi connectivity index (χ0v) is 17.2. The van der Waals surface area contributed by atoms with Crippen molar-refractivity contribution in [3.8, 4) is 0 Å². The highest BCUT2D eigenvalue weighted by Gasteiger charge is 2.28. The average molecular weight is 445 g/mol. The minimum Gasteiger partial charge on any atom is -0.464 e. The number of hydrogen-bond donors (Lipinski definition) is 3. The fraction of sp³-hybridized carbons (Fsp3) is 0.263. The number of sulfonamides is 1. The zero-order valence-electron chi connectivity index (χ0n) is 16.3. The van der Waals surface area contributed by atoms with Crippen LogP contribution in [0.1, 0.15) is 43.0 Å². The third-order valence-electron chi connectivity index (χ3n) is 5.03. The van der Waals surface area contributed by atoms with E-state index in [9.17, 15) is 23.3 Å². The largest absolute Gasteiger partial charge is 0.464 e. The molecule has 2 heterocycles. The number of amides is 1. The molecule has 1 aliphatic carbocycles. The van der Waals surface area contributed by atoms with Crippen LogP contribution in [0.25, 0.3) is 5.65 Å². The molecule has 31 heavy (non-hydrogen) atoms. The molecule has 4 rings (SSSR count). The fourth-order valence-electron chi connectivity index (χ4n) is 3.37. The highest BCUT2D eigenvalue weighted by atomic mass is 32.2. The van der Waals surface area contributed by atoms with Gasteiger partial charge in [0, 0.05) is 24.1 Å². The predicted molar refractivity (Wildman–Crippen MR) is 111 cm³/mol. The average Bonchev–Trinajstić information content (AvgIpc) is 3.45. The van der Waals surface area contributed by atoms with Gasteiger partial charge in [0.2, 0.25) is 0 Å². The first-order valence-corrected chi connectivity index (χ1v) is 10.9. The molecule has 162 valence electrons. The molecule has 11 nitrogen and oxygen atoms in total. The van der Waals surface area contributed by atoms with Gasteiger partial charge in [-0.1, -0.05) is 6.07 Å². The molecule has 2 aromatic heterocycles. The Hall–Kier alpha value is -3.67. The molecule has 0 spiro atoms. The normalized spacial score (nSPS) is 14.9. The van der Waals surface area contributed by atoms with Crippen LogP contribution in [0, 0.1) is 10.1 Å². The standard InChI is InChI=1S/C19H19N5O6S/c1-11(15-10-23-9-13(12-2-3-12)4-7-18(23)21-15)20-14-5-6-17(16(8-14)24(27)28)31(29,30)22-19(25)26/h4-12,20,22H,2-3H2,1H3,(H,25,26). The summed E-state index contributed by atoms with van der Waals surface area (Å²) < 4.78 is 27.4. The van der Waals surface area contributed by atoms with E-state index in [1.807, 2.05) is 23.6 Å². The van der Waals surface area contributed by atoms with Crippen LogP contribution < -0.4 is 10.0 Å². The number of imidazole rings is 1. The van der Waals surface area contributed by atoms with Gasteiger partial charge < -0.3 is 14.8 Å². The summed E-state index contributed by atoms with van der Waals surface area (Å²) >= 11 is 0. The highest BCUT2D eigenvalue weighted by molar-refractivity contribution is 7.90. The van der Waals surface area contributed by atoms with Crippen LogP contribution in [0.3, 0.4) is 0 Å². The van der Waals surface area contributed by atoms with Crippen molar-refractivity contribution in [2.45, 2.75) is 36.6 Å². The van der Waals surface area contributed by atoms with E-state index >= 15 is 0 Å². The first-order chi connectivity index (χ1) is 14.6. The lowest BCUT2D eigenvalue weighted by Gasteiger charge is -2.13. The summed E-state index contributed by atoms with van der Waals surface area (Å²) in [5, 5.41) is 23.1. The van der Waals surface area contributed by atoms with Crippen molar-refractivity contribution in [2.75, 3.05) is 5.32 Å². The summed E-state index contributed by atoms with van der Waals surface area (Å²) in [6, 6.07) is 7.06. The Labute approximate surface area is 176 Å². The molecular formula is C19H19N5O6S. The van der Waals surface area contributed by atoms with Gasteiger partial charge in [-0.05, 0) is 49.4 Å². The van der Waals surface area contributed by atoms with Crippen molar-refractivity contribution in [1.82, 2.24) is 14.1 Å². The molecule has 0 bridgehead atoms. The second-order valence-electron chi connectivity index (χ2n) is 7.38. The van der Waals surface area contributed by atoms with Gasteiger partial charge in [0.15, 0.2) is 4.90 Å². The number of nitrogens with zero attached hydrogens (tertiary/aromatic N) is 3. The predicted octanol–water partition coefficient (Wildman–Crippen LogP) is 3.25. The van der Waals surface area contributed by atoms with Crippen LogP contribution in [-0.2, 0) is 10.0 Å². The third-order valence-corrected chi connectivity index (χ3v) is 6.40. The van der Waals surface area contributed by atoms with Gasteiger partial charge in [-0.25, -0.2) is 22.9 Å².